The van der Waals surface area contributed by atoms with Gasteiger partial charge in [0.05, 0.1) is 0 Å². The van der Waals surface area contributed by atoms with Crippen molar-refractivity contribution in [2.75, 3.05) is 18.4 Å². The summed E-state index contributed by atoms with van der Waals surface area (Å²) in [6.07, 6.45) is 3.21. The zero-order chi connectivity index (χ0) is 23.8. The Bertz CT molecular complexity index is 1150. The maximum atomic E-state index is 12.6. The number of carboxylic acid groups (broad SMARTS) is 1. The summed E-state index contributed by atoms with van der Waals surface area (Å²) in [5.74, 6) is -1.41. The van der Waals surface area contributed by atoms with Crippen molar-refractivity contribution in [3.63, 3.8) is 0 Å². The number of carbonyl (C=O) groups is 3. The van der Waals surface area contributed by atoms with Crippen LogP contribution in [0.25, 0.3) is 21.7 Å². The molecule has 0 bridgehead atoms. The van der Waals surface area contributed by atoms with Crippen molar-refractivity contribution < 1.29 is 19.5 Å². The van der Waals surface area contributed by atoms with Gasteiger partial charge in [-0.3, -0.25) is 10.1 Å². The molecular weight excluding hydrogens is 442 g/mol. The Morgan fingerprint density at radius 3 is 2.48 bits per heavy atom. The first-order valence-corrected chi connectivity index (χ1v) is 11.4. The smallest absolute Gasteiger partial charge is 0.348 e. The van der Waals surface area contributed by atoms with Crippen LogP contribution in [-0.2, 0) is 0 Å². The van der Waals surface area contributed by atoms with Gasteiger partial charge in [-0.2, -0.15) is 0 Å². The number of benzene rings is 1. The highest BCUT2D eigenvalue weighted by Gasteiger charge is 2.25. The zero-order valence-electron chi connectivity index (χ0n) is 18.3. The molecule has 4 N–H and O–H groups in total. The van der Waals surface area contributed by atoms with Gasteiger partial charge in [0.25, 0.3) is 5.91 Å². The lowest BCUT2D eigenvalue weighted by Crippen LogP contribution is -2.28. The molecule has 0 aliphatic carbocycles. The van der Waals surface area contributed by atoms with Gasteiger partial charge in [-0.1, -0.05) is 43.7 Å². The fourth-order valence-electron chi connectivity index (χ4n) is 3.07. The number of nitrogens with one attached hydrogen (secondary N) is 3. The third-order valence-electron chi connectivity index (χ3n) is 4.65. The summed E-state index contributed by atoms with van der Waals surface area (Å²) in [6, 6.07) is 10.7. The van der Waals surface area contributed by atoms with E-state index in [1.807, 2.05) is 44.2 Å². The Balaban J connectivity index is 2.06. The maximum Gasteiger partial charge on any atom is 0.348 e. The number of carbonyl (C=O) groups excluding carboxylic acids is 2. The molecule has 10 heteroatoms. The lowest BCUT2D eigenvalue weighted by molar-refractivity contribution is 0.0696. The third-order valence-corrected chi connectivity index (χ3v) is 5.73. The van der Waals surface area contributed by atoms with Crippen molar-refractivity contribution in [2.45, 2.75) is 26.7 Å². The summed E-state index contributed by atoms with van der Waals surface area (Å²) in [4.78, 5) is 44.9. The summed E-state index contributed by atoms with van der Waals surface area (Å²) in [7, 11) is 0. The lowest BCUT2D eigenvalue weighted by Gasteiger charge is -2.11. The van der Waals surface area contributed by atoms with Crippen LogP contribution < -0.4 is 16.0 Å². The quantitative estimate of drug-likeness (QED) is 0.348. The van der Waals surface area contributed by atoms with Crippen molar-refractivity contribution in [1.82, 2.24) is 20.6 Å². The number of aromatic nitrogens is 2. The van der Waals surface area contributed by atoms with Crippen molar-refractivity contribution in [3.05, 3.63) is 53.2 Å². The number of aromatic carboxylic acids is 1. The minimum Gasteiger partial charge on any atom is -0.477 e. The lowest BCUT2D eigenvalue weighted by atomic mass is 10.0. The number of unbranched alkanes of at least 4 members (excludes halogenated alkanes) is 1. The molecule has 3 aromatic rings. The molecule has 0 unspecified atom stereocenters. The van der Waals surface area contributed by atoms with Crippen LogP contribution in [0.4, 0.5) is 10.6 Å². The molecule has 0 atom stereocenters. The Labute approximate surface area is 195 Å². The molecule has 0 saturated carbocycles. The number of amides is 3. The molecule has 3 rings (SSSR count). The first kappa shape index (κ1) is 23.9. The number of carboxylic acids is 1. The molecule has 9 nitrogen and oxygen atoms in total. The second-order valence-electron chi connectivity index (χ2n) is 7.08. The predicted octanol–water partition coefficient (Wildman–Crippen LogP) is 4.24. The van der Waals surface area contributed by atoms with Crippen LogP contribution in [0.15, 0.2) is 42.6 Å². The van der Waals surface area contributed by atoms with E-state index in [1.54, 1.807) is 6.07 Å². The molecule has 0 radical (unpaired) electrons. The summed E-state index contributed by atoms with van der Waals surface area (Å²) in [5.41, 5.74) is 1.96. The Morgan fingerprint density at radius 1 is 1.06 bits per heavy atom. The van der Waals surface area contributed by atoms with Crippen molar-refractivity contribution >= 4 is 35.1 Å². The van der Waals surface area contributed by atoms with E-state index in [-0.39, 0.29) is 16.6 Å². The molecule has 172 valence electrons. The van der Waals surface area contributed by atoms with Gasteiger partial charge in [0.15, 0.2) is 5.69 Å². The fraction of sp³-hybridized carbons (Fsp3) is 0.261. The predicted molar refractivity (Wildman–Crippen MR) is 128 cm³/mol. The molecule has 0 saturated heterocycles. The number of urea groups is 1. The van der Waals surface area contributed by atoms with Gasteiger partial charge in [0.2, 0.25) is 0 Å². The van der Waals surface area contributed by atoms with E-state index in [0.29, 0.717) is 35.0 Å². The van der Waals surface area contributed by atoms with Crippen LogP contribution in [0.5, 0.6) is 0 Å². The second kappa shape index (κ2) is 11.2. The number of anilines is 1. The number of hydrogen-bond acceptors (Lipinski definition) is 6. The van der Waals surface area contributed by atoms with Gasteiger partial charge in [-0.05, 0) is 30.5 Å². The van der Waals surface area contributed by atoms with Crippen LogP contribution in [-0.4, -0.2) is 46.1 Å². The number of rotatable bonds is 9. The molecule has 0 aliphatic heterocycles. The average Bonchev–Trinajstić information content (AvgIpc) is 3.26. The molecule has 2 aromatic heterocycles. The SMILES string of the molecule is CCCCNC(=O)c1nc(-c2cnc(NC(=O)NCC)cc2-c2ccccc2)sc1C(=O)O. The maximum absolute atomic E-state index is 12.6. The van der Waals surface area contributed by atoms with Crippen LogP contribution in [0.1, 0.15) is 46.8 Å². The summed E-state index contributed by atoms with van der Waals surface area (Å²) < 4.78 is 0. The van der Waals surface area contributed by atoms with Crippen molar-refractivity contribution in [1.29, 1.82) is 0 Å². The van der Waals surface area contributed by atoms with E-state index >= 15 is 0 Å². The summed E-state index contributed by atoms with van der Waals surface area (Å²) >= 11 is 0.914. The van der Waals surface area contributed by atoms with Crippen molar-refractivity contribution in [3.8, 4) is 21.7 Å². The molecule has 33 heavy (non-hydrogen) atoms. The van der Waals surface area contributed by atoms with Gasteiger partial charge in [-0.15, -0.1) is 11.3 Å². The van der Waals surface area contributed by atoms with Crippen LogP contribution in [0, 0.1) is 0 Å². The number of nitrogens with zero attached hydrogens (tertiary/aromatic N) is 2. The first-order valence-electron chi connectivity index (χ1n) is 10.6. The van der Waals surface area contributed by atoms with Gasteiger partial charge in [0.1, 0.15) is 15.7 Å². The summed E-state index contributed by atoms with van der Waals surface area (Å²) in [5, 5.41) is 18.0. The minimum atomic E-state index is -1.22. The molecular formula is C23H25N5O4S. The van der Waals surface area contributed by atoms with E-state index in [1.165, 1.54) is 6.20 Å². The highest BCUT2D eigenvalue weighted by molar-refractivity contribution is 7.17. The first-order chi connectivity index (χ1) is 15.9. The molecule has 2 heterocycles. The Kier molecular flexibility index (Phi) is 8.09. The van der Waals surface area contributed by atoms with Crippen LogP contribution >= 0.6 is 11.3 Å². The number of hydrogen-bond donors (Lipinski definition) is 4. The molecule has 1 aromatic carbocycles. The van der Waals surface area contributed by atoms with Gasteiger partial charge in [0, 0.05) is 24.8 Å². The van der Waals surface area contributed by atoms with E-state index in [0.717, 1.165) is 29.7 Å². The Hall–Kier alpha value is -3.79. The monoisotopic (exact) mass is 467 g/mol. The summed E-state index contributed by atoms with van der Waals surface area (Å²) in [6.45, 7) is 4.72. The topological polar surface area (TPSA) is 133 Å². The largest absolute Gasteiger partial charge is 0.477 e. The highest BCUT2D eigenvalue weighted by atomic mass is 32.1. The Morgan fingerprint density at radius 2 is 1.82 bits per heavy atom. The average molecular weight is 468 g/mol. The fourth-order valence-corrected chi connectivity index (χ4v) is 3.99. The van der Waals surface area contributed by atoms with Crippen LogP contribution in [0.2, 0.25) is 0 Å². The highest BCUT2D eigenvalue weighted by Crippen LogP contribution is 2.36. The molecule has 0 aliphatic rings. The van der Waals surface area contributed by atoms with Gasteiger partial charge < -0.3 is 15.7 Å². The molecule has 0 spiro atoms. The van der Waals surface area contributed by atoms with Crippen LogP contribution in [0.3, 0.4) is 0 Å². The number of thiazole rings is 1. The standard InChI is InChI=1S/C23H25N5O4S/c1-3-5-11-25-20(29)18-19(22(30)31)33-21(28-18)16-13-26-17(27-23(32)24-4-2)12-15(16)14-9-7-6-8-10-14/h6-10,12-13H,3-5,11H2,1-2H3,(H,25,29)(H,30,31)(H2,24,26,27,32). The van der Waals surface area contributed by atoms with E-state index in [4.69, 9.17) is 0 Å². The third kappa shape index (κ3) is 5.92. The van der Waals surface area contributed by atoms with E-state index in [9.17, 15) is 19.5 Å². The zero-order valence-corrected chi connectivity index (χ0v) is 19.2. The minimum absolute atomic E-state index is 0.123. The van der Waals surface area contributed by atoms with Crippen molar-refractivity contribution in [2.24, 2.45) is 0 Å². The van der Waals surface area contributed by atoms with E-state index < -0.39 is 11.9 Å². The normalized spacial score (nSPS) is 10.5. The van der Waals surface area contributed by atoms with Gasteiger partial charge in [-0.25, -0.2) is 19.6 Å². The molecule has 3 amide bonds. The van der Waals surface area contributed by atoms with Gasteiger partial charge >= 0.3 is 12.0 Å². The number of pyridine rings is 1. The van der Waals surface area contributed by atoms with E-state index in [2.05, 4.69) is 25.9 Å². The second-order valence-corrected chi connectivity index (χ2v) is 8.08. The molecule has 0 fully saturated rings.